The molecule has 1 heterocycles. The average Bonchev–Trinajstić information content (AvgIpc) is 2.85. The molecule has 0 amide bonds. The van der Waals surface area contributed by atoms with E-state index < -0.39 is 11.8 Å². The van der Waals surface area contributed by atoms with E-state index in [1.54, 1.807) is 42.1 Å². The molecule has 0 fully saturated rings. The van der Waals surface area contributed by atoms with Gasteiger partial charge < -0.3 is 4.74 Å². The van der Waals surface area contributed by atoms with Crippen LogP contribution in [0.1, 0.15) is 22.8 Å². The predicted molar refractivity (Wildman–Crippen MR) is 69.3 cm³/mol. The van der Waals surface area contributed by atoms with Crippen LogP contribution in [0.4, 0.5) is 0 Å². The number of ether oxygens (including phenoxy) is 1. The number of ketones is 1. The average molecular weight is 258 g/mol. The molecule has 0 saturated carbocycles. The minimum absolute atomic E-state index is 0.190. The molecule has 0 aliphatic rings. The Hall–Kier alpha value is -2.43. The molecule has 5 heteroatoms. The van der Waals surface area contributed by atoms with E-state index >= 15 is 0 Å². The first-order valence-electron chi connectivity index (χ1n) is 5.95. The Labute approximate surface area is 110 Å². The molecule has 1 aromatic heterocycles. The van der Waals surface area contributed by atoms with Crippen molar-refractivity contribution < 1.29 is 14.3 Å². The van der Waals surface area contributed by atoms with Gasteiger partial charge in [-0.2, -0.15) is 5.10 Å². The highest BCUT2D eigenvalue weighted by atomic mass is 16.5. The van der Waals surface area contributed by atoms with Crippen molar-refractivity contribution in [2.24, 2.45) is 0 Å². The van der Waals surface area contributed by atoms with Gasteiger partial charge in [0.1, 0.15) is 0 Å². The minimum atomic E-state index is -0.829. The van der Waals surface area contributed by atoms with Gasteiger partial charge in [-0.15, -0.1) is 0 Å². The molecule has 0 bridgehead atoms. The molecule has 0 radical (unpaired) electrons. The number of aromatic nitrogens is 2. The second kappa shape index (κ2) is 5.48. The number of aryl methyl sites for hydroxylation is 1. The van der Waals surface area contributed by atoms with Crippen LogP contribution in [0.25, 0.3) is 5.69 Å². The molecule has 0 spiro atoms. The van der Waals surface area contributed by atoms with Crippen LogP contribution in [0.3, 0.4) is 0 Å². The summed E-state index contributed by atoms with van der Waals surface area (Å²) in [5.74, 6) is -1.46. The number of hydrogen-bond donors (Lipinski definition) is 0. The van der Waals surface area contributed by atoms with Crippen LogP contribution in [-0.2, 0) is 9.53 Å². The molecule has 0 N–H and O–H groups in total. The molecular formula is C14H14N2O3. The lowest BCUT2D eigenvalue weighted by atomic mass is 10.1. The molecule has 0 unspecified atom stereocenters. The van der Waals surface area contributed by atoms with Crippen molar-refractivity contribution in [2.45, 2.75) is 13.8 Å². The van der Waals surface area contributed by atoms with Crippen molar-refractivity contribution >= 4 is 11.8 Å². The van der Waals surface area contributed by atoms with Gasteiger partial charge >= 0.3 is 5.97 Å². The largest absolute Gasteiger partial charge is 0.460 e. The molecule has 98 valence electrons. The van der Waals surface area contributed by atoms with Gasteiger partial charge in [-0.05, 0) is 43.7 Å². The van der Waals surface area contributed by atoms with Crippen molar-refractivity contribution in [2.75, 3.05) is 6.61 Å². The maximum absolute atomic E-state index is 11.7. The van der Waals surface area contributed by atoms with E-state index in [9.17, 15) is 9.59 Å². The van der Waals surface area contributed by atoms with E-state index in [4.69, 9.17) is 0 Å². The topological polar surface area (TPSA) is 61.2 Å². The maximum atomic E-state index is 11.7. The fourth-order valence-electron chi connectivity index (χ4n) is 1.63. The van der Waals surface area contributed by atoms with Crippen LogP contribution in [0.2, 0.25) is 0 Å². The number of carbonyl (C=O) groups excluding carboxylic acids is 2. The van der Waals surface area contributed by atoms with Crippen LogP contribution in [0, 0.1) is 6.92 Å². The number of esters is 1. The first-order chi connectivity index (χ1) is 9.11. The van der Waals surface area contributed by atoms with Crippen LogP contribution >= 0.6 is 0 Å². The minimum Gasteiger partial charge on any atom is -0.460 e. The van der Waals surface area contributed by atoms with Crippen LogP contribution in [0.5, 0.6) is 0 Å². The highest BCUT2D eigenvalue weighted by Crippen LogP contribution is 2.11. The third-order valence-corrected chi connectivity index (χ3v) is 2.57. The summed E-state index contributed by atoms with van der Waals surface area (Å²) in [5.41, 5.74) is 2.19. The van der Waals surface area contributed by atoms with Crippen molar-refractivity contribution in [3.63, 3.8) is 0 Å². The summed E-state index contributed by atoms with van der Waals surface area (Å²) in [6.45, 7) is 3.80. The third-order valence-electron chi connectivity index (χ3n) is 2.57. The summed E-state index contributed by atoms with van der Waals surface area (Å²) in [5, 5.41) is 4.17. The van der Waals surface area contributed by atoms with Crippen molar-refractivity contribution in [1.29, 1.82) is 0 Å². The molecule has 1 aromatic carbocycles. The van der Waals surface area contributed by atoms with Gasteiger partial charge in [0, 0.05) is 11.8 Å². The maximum Gasteiger partial charge on any atom is 0.379 e. The Bertz CT molecular complexity index is 599. The Morgan fingerprint density at radius 1 is 1.26 bits per heavy atom. The molecule has 19 heavy (non-hydrogen) atoms. The molecule has 2 aromatic rings. The number of benzene rings is 1. The summed E-state index contributed by atoms with van der Waals surface area (Å²) < 4.78 is 6.37. The normalized spacial score (nSPS) is 10.2. The molecule has 0 aliphatic heterocycles. The van der Waals surface area contributed by atoms with E-state index in [0.717, 1.165) is 11.3 Å². The van der Waals surface area contributed by atoms with Crippen LogP contribution in [0.15, 0.2) is 36.7 Å². The molecule has 0 atom stereocenters. The lowest BCUT2D eigenvalue weighted by Gasteiger charge is -2.03. The smallest absolute Gasteiger partial charge is 0.379 e. The van der Waals surface area contributed by atoms with Gasteiger partial charge in [0.15, 0.2) is 0 Å². The number of nitrogens with zero attached hydrogens (tertiary/aromatic N) is 2. The molecule has 5 nitrogen and oxygen atoms in total. The number of Topliss-reactive ketones (excluding diaryl/α,β-unsaturated/α-hetero) is 1. The zero-order valence-corrected chi connectivity index (χ0v) is 10.8. The van der Waals surface area contributed by atoms with Crippen molar-refractivity contribution in [3.05, 3.63) is 47.8 Å². The molecule has 0 saturated heterocycles. The number of carbonyl (C=O) groups is 2. The highest BCUT2D eigenvalue weighted by molar-refractivity contribution is 6.40. The van der Waals surface area contributed by atoms with Gasteiger partial charge in [-0.25, -0.2) is 9.48 Å². The predicted octanol–water partition coefficient (Wildman–Crippen LogP) is 1.93. The highest BCUT2D eigenvalue weighted by Gasteiger charge is 2.17. The zero-order chi connectivity index (χ0) is 13.8. The molecule has 2 rings (SSSR count). The quantitative estimate of drug-likeness (QED) is 0.477. The van der Waals surface area contributed by atoms with Gasteiger partial charge in [-0.1, -0.05) is 0 Å². The summed E-state index contributed by atoms with van der Waals surface area (Å²) in [6.07, 6.45) is 3.62. The summed E-state index contributed by atoms with van der Waals surface area (Å²) in [4.78, 5) is 23.0. The third kappa shape index (κ3) is 2.88. The van der Waals surface area contributed by atoms with Gasteiger partial charge in [0.25, 0.3) is 5.78 Å². The Kier molecular flexibility index (Phi) is 3.75. The zero-order valence-electron chi connectivity index (χ0n) is 10.8. The van der Waals surface area contributed by atoms with Crippen LogP contribution < -0.4 is 0 Å². The number of hydrogen-bond acceptors (Lipinski definition) is 4. The first kappa shape index (κ1) is 13.0. The fourth-order valence-corrected chi connectivity index (χ4v) is 1.63. The van der Waals surface area contributed by atoms with Gasteiger partial charge in [-0.3, -0.25) is 4.79 Å². The second-order valence-corrected chi connectivity index (χ2v) is 4.06. The first-order valence-corrected chi connectivity index (χ1v) is 5.95. The van der Waals surface area contributed by atoms with E-state index in [1.807, 2.05) is 13.1 Å². The monoisotopic (exact) mass is 258 g/mol. The van der Waals surface area contributed by atoms with E-state index in [2.05, 4.69) is 9.84 Å². The summed E-state index contributed by atoms with van der Waals surface area (Å²) >= 11 is 0. The fraction of sp³-hybridized carbons (Fsp3) is 0.214. The van der Waals surface area contributed by atoms with Crippen molar-refractivity contribution in [3.8, 4) is 5.69 Å². The van der Waals surface area contributed by atoms with Crippen LogP contribution in [-0.4, -0.2) is 28.1 Å². The van der Waals surface area contributed by atoms with E-state index in [-0.39, 0.29) is 6.61 Å². The Morgan fingerprint density at radius 3 is 2.47 bits per heavy atom. The molecule has 0 aliphatic carbocycles. The molecular weight excluding hydrogens is 244 g/mol. The number of rotatable bonds is 4. The van der Waals surface area contributed by atoms with Crippen molar-refractivity contribution in [1.82, 2.24) is 9.78 Å². The van der Waals surface area contributed by atoms with E-state index in [0.29, 0.717) is 5.56 Å². The van der Waals surface area contributed by atoms with Gasteiger partial charge in [0.2, 0.25) is 0 Å². The second-order valence-electron chi connectivity index (χ2n) is 4.06. The van der Waals surface area contributed by atoms with E-state index in [1.165, 1.54) is 0 Å². The summed E-state index contributed by atoms with van der Waals surface area (Å²) in [6, 6.07) is 6.65. The Balaban J connectivity index is 2.19. The SMILES string of the molecule is CCOC(=O)C(=O)c1ccc(-n2cc(C)cn2)cc1. The van der Waals surface area contributed by atoms with Gasteiger partial charge in [0.05, 0.1) is 18.5 Å². The lowest BCUT2D eigenvalue weighted by molar-refractivity contribution is -0.137. The lowest BCUT2D eigenvalue weighted by Crippen LogP contribution is -2.17. The standard InChI is InChI=1S/C14H14N2O3/c1-3-19-14(18)13(17)11-4-6-12(7-5-11)16-9-10(2)8-15-16/h4-9H,3H2,1-2H3. The summed E-state index contributed by atoms with van der Waals surface area (Å²) in [7, 11) is 0. The Morgan fingerprint density at radius 2 is 1.95 bits per heavy atom.